The maximum Gasteiger partial charge on any atom is 0.222 e. The minimum Gasteiger partial charge on any atom is -0.368 e. The summed E-state index contributed by atoms with van der Waals surface area (Å²) in [7, 11) is 0. The van der Waals surface area contributed by atoms with Gasteiger partial charge in [-0.05, 0) is 0 Å². The van der Waals surface area contributed by atoms with E-state index in [0.717, 1.165) is 4.98 Å². The van der Waals surface area contributed by atoms with Gasteiger partial charge in [0.2, 0.25) is 5.95 Å². The highest BCUT2D eigenvalue weighted by Gasteiger charge is 1.95. The Kier molecular flexibility index (Phi) is 0.700. The van der Waals surface area contributed by atoms with E-state index in [9.17, 15) is 0 Å². The molecule has 10 heavy (non-hydrogen) atoms. The lowest BCUT2D eigenvalue weighted by atomic mass is 10.6. The van der Waals surface area contributed by atoms with Crippen LogP contribution in [0.15, 0.2) is 12.5 Å². The van der Waals surface area contributed by atoms with Crippen molar-refractivity contribution >= 4 is 17.1 Å². The lowest BCUT2D eigenvalue weighted by molar-refractivity contribution is 1.22. The molecule has 50 valence electrons. The van der Waals surface area contributed by atoms with E-state index in [1.807, 2.05) is 0 Å². The molecule has 3 N–H and O–H groups in total. The minimum atomic E-state index is 0.177. The van der Waals surface area contributed by atoms with Crippen molar-refractivity contribution in [2.45, 2.75) is 0 Å². The fourth-order valence-corrected chi connectivity index (χ4v) is 0.711. The first-order valence-corrected chi connectivity index (χ1v) is 2.72. The van der Waals surface area contributed by atoms with Crippen LogP contribution in [-0.4, -0.2) is 19.9 Å². The lowest BCUT2D eigenvalue weighted by Gasteiger charge is -1.87. The third-order valence-corrected chi connectivity index (χ3v) is 1.15. The summed E-state index contributed by atoms with van der Waals surface area (Å²) in [6.07, 6.45) is 2.82. The highest BCUT2D eigenvalue weighted by molar-refractivity contribution is 5.69. The van der Waals surface area contributed by atoms with E-state index in [2.05, 4.69) is 15.0 Å². The number of aromatic nitrogens is 4. The van der Waals surface area contributed by atoms with Crippen LogP contribution in [0.5, 0.6) is 0 Å². The van der Waals surface area contributed by atoms with Gasteiger partial charge in [0.1, 0.15) is 5.52 Å². The van der Waals surface area contributed by atoms with Crippen molar-refractivity contribution in [3.8, 4) is 0 Å². The first-order valence-electron chi connectivity index (χ1n) is 3.17. The van der Waals surface area contributed by atoms with E-state index < -0.39 is 0 Å². The summed E-state index contributed by atoms with van der Waals surface area (Å²) in [5.41, 5.74) is 6.31. The predicted molar refractivity (Wildman–Crippen MR) is 36.1 cm³/mol. The number of rotatable bonds is 0. The Bertz CT molecular complexity index is 395. The number of nitrogens with one attached hydrogen (secondary N) is 1. The second-order valence-electron chi connectivity index (χ2n) is 1.81. The van der Waals surface area contributed by atoms with Crippen molar-refractivity contribution in [1.82, 2.24) is 19.9 Å². The zero-order valence-corrected chi connectivity index (χ0v) is 5.02. The molecular formula is C5H5N5. The molecule has 0 aliphatic heterocycles. The van der Waals surface area contributed by atoms with Crippen LogP contribution in [0.1, 0.15) is 0 Å². The smallest absolute Gasteiger partial charge is 0.222 e. The Balaban J connectivity index is 2.86. The summed E-state index contributed by atoms with van der Waals surface area (Å²) in [5, 5.41) is 0. The fraction of sp³-hybridized carbons (Fsp3) is 0. The number of anilines is 1. The molecule has 0 saturated carbocycles. The van der Waals surface area contributed by atoms with Crippen molar-refractivity contribution in [2.75, 3.05) is 5.73 Å². The molecule has 0 aliphatic carbocycles. The van der Waals surface area contributed by atoms with Crippen molar-refractivity contribution in [3.63, 3.8) is 0 Å². The van der Waals surface area contributed by atoms with Crippen LogP contribution in [0.2, 0.25) is 1.41 Å². The second-order valence-corrected chi connectivity index (χ2v) is 1.81. The molecule has 2 heterocycles. The van der Waals surface area contributed by atoms with Crippen LogP contribution in [0, 0.1) is 0 Å². The molecule has 0 aliphatic rings. The monoisotopic (exact) mass is 136 g/mol. The maximum atomic E-state index is 7.25. The molecule has 5 heteroatoms. The van der Waals surface area contributed by atoms with Crippen LogP contribution in [0.4, 0.5) is 5.95 Å². The Hall–Kier alpha value is -1.65. The third kappa shape index (κ3) is 0.604. The Morgan fingerprint density at radius 3 is 3.40 bits per heavy atom. The van der Waals surface area contributed by atoms with E-state index in [-0.39, 0.29) is 5.95 Å². The number of hydrogen-bond acceptors (Lipinski definition) is 4. The standard InChI is InChI=1S/C5H5N5/c6-5-7-1-3-4(10-5)9-2-8-3/h1-2H,(H3,6,7,8,9,10)/i/hD. The van der Waals surface area contributed by atoms with Crippen molar-refractivity contribution in [2.24, 2.45) is 0 Å². The molecule has 0 amide bonds. The Labute approximate surface area is 57.8 Å². The van der Waals surface area contributed by atoms with Crippen LogP contribution in [-0.2, 0) is 0 Å². The fourth-order valence-electron chi connectivity index (χ4n) is 0.711. The predicted octanol–water partition coefficient (Wildman–Crippen LogP) is -0.0649. The molecule has 0 spiro atoms. The zero-order valence-electron chi connectivity index (χ0n) is 6.02. The number of imidazole rings is 1. The van der Waals surface area contributed by atoms with Gasteiger partial charge in [-0.1, -0.05) is 0 Å². The first-order chi connectivity index (χ1) is 5.27. The molecule has 5 nitrogen and oxygen atoms in total. The van der Waals surface area contributed by atoms with Crippen LogP contribution < -0.4 is 5.73 Å². The van der Waals surface area contributed by atoms with E-state index in [1.54, 1.807) is 0 Å². The first kappa shape index (κ1) is 4.21. The lowest BCUT2D eigenvalue weighted by Crippen LogP contribution is -1.93. The van der Waals surface area contributed by atoms with E-state index in [4.69, 9.17) is 7.15 Å². The summed E-state index contributed by atoms with van der Waals surface area (Å²) in [6.45, 7) is 0. The van der Waals surface area contributed by atoms with Gasteiger partial charge < -0.3 is 10.7 Å². The minimum absolute atomic E-state index is 0.177. The van der Waals surface area contributed by atoms with Crippen LogP contribution in [0.25, 0.3) is 11.2 Å². The zero-order chi connectivity index (χ0) is 7.84. The Morgan fingerprint density at radius 1 is 1.60 bits per heavy atom. The van der Waals surface area contributed by atoms with E-state index >= 15 is 0 Å². The molecule has 0 radical (unpaired) electrons. The van der Waals surface area contributed by atoms with E-state index in [1.165, 1.54) is 12.5 Å². The van der Waals surface area contributed by atoms with Gasteiger partial charge in [-0.2, -0.15) is 4.98 Å². The molecule has 0 unspecified atom stereocenters. The summed E-state index contributed by atoms with van der Waals surface area (Å²) in [5.74, 6) is 0.177. The highest BCUT2D eigenvalue weighted by Crippen LogP contribution is 2.03. The molecule has 0 atom stereocenters. The number of H-pyrrole nitrogens is 1. The average molecular weight is 136 g/mol. The number of fused-ring (bicyclic) bond motifs is 1. The van der Waals surface area contributed by atoms with Gasteiger partial charge in [-0.15, -0.1) is 0 Å². The van der Waals surface area contributed by atoms with Gasteiger partial charge >= 0.3 is 0 Å². The Morgan fingerprint density at radius 2 is 2.50 bits per heavy atom. The SMILES string of the molecule is [2H]n1cnc2nc(N)ncc21. The number of aromatic amines is 1. The largest absolute Gasteiger partial charge is 0.368 e. The van der Waals surface area contributed by atoms with E-state index in [0.29, 0.717) is 11.2 Å². The molecule has 2 aromatic heterocycles. The second kappa shape index (κ2) is 1.66. The third-order valence-electron chi connectivity index (χ3n) is 1.15. The van der Waals surface area contributed by atoms with Crippen molar-refractivity contribution in [3.05, 3.63) is 12.5 Å². The highest BCUT2D eigenvalue weighted by atomic mass is 15.1. The van der Waals surface area contributed by atoms with Gasteiger partial charge in [0, 0.05) is 0 Å². The summed E-state index contributed by atoms with van der Waals surface area (Å²) in [4.78, 5) is 12.5. The molecule has 0 saturated heterocycles. The number of nitrogens with zero attached hydrogens (tertiary/aromatic N) is 3. The quantitative estimate of drug-likeness (QED) is 0.531. The van der Waals surface area contributed by atoms with Gasteiger partial charge in [-0.25, -0.2) is 9.97 Å². The summed E-state index contributed by atoms with van der Waals surface area (Å²) >= 11 is 0. The van der Waals surface area contributed by atoms with Crippen LogP contribution >= 0.6 is 0 Å². The van der Waals surface area contributed by atoms with Gasteiger partial charge in [0.25, 0.3) is 0 Å². The summed E-state index contributed by atoms with van der Waals surface area (Å²) < 4.78 is 7.25. The van der Waals surface area contributed by atoms with Gasteiger partial charge in [0.05, 0.1) is 12.5 Å². The molecule has 0 aromatic carbocycles. The summed E-state index contributed by atoms with van der Waals surface area (Å²) in [6, 6.07) is 0. The number of hydrogen-bond donors (Lipinski definition) is 2. The molecule has 0 fully saturated rings. The number of nitrogens with two attached hydrogens (primary N) is 1. The van der Waals surface area contributed by atoms with Crippen LogP contribution in [0.3, 0.4) is 0 Å². The normalized spacial score (nSPS) is 11.8. The van der Waals surface area contributed by atoms with Gasteiger partial charge in [0.15, 0.2) is 7.06 Å². The average Bonchev–Trinajstić information content (AvgIpc) is 2.32. The number of nitrogen functional groups attached to an aromatic ring is 1. The molecular weight excluding hydrogens is 130 g/mol. The molecule has 0 bridgehead atoms. The van der Waals surface area contributed by atoms with Crippen molar-refractivity contribution < 1.29 is 1.41 Å². The van der Waals surface area contributed by atoms with Crippen molar-refractivity contribution in [1.29, 1.82) is 0 Å². The van der Waals surface area contributed by atoms with Gasteiger partial charge in [-0.3, -0.25) is 0 Å². The topological polar surface area (TPSA) is 80.5 Å². The molecule has 2 aromatic rings. The molecule has 2 rings (SSSR count). The maximum absolute atomic E-state index is 7.25.